The molecule has 12 heteroatoms. The molecule has 204 valence electrons. The average molecular weight is 654 g/mol. The fraction of sp³-hybridized carbons (Fsp3) is 0.520. The summed E-state index contributed by atoms with van der Waals surface area (Å²) >= 11 is 2.00. The molecule has 4 aliphatic rings. The van der Waals surface area contributed by atoms with Gasteiger partial charge in [0, 0.05) is 16.3 Å². The van der Waals surface area contributed by atoms with Crippen LogP contribution in [0.15, 0.2) is 70.8 Å². The summed E-state index contributed by atoms with van der Waals surface area (Å²) in [5, 5.41) is 0. The molecule has 0 aromatic heterocycles. The number of ether oxygens (including phenoxy) is 1. The number of rotatable bonds is 5. The van der Waals surface area contributed by atoms with Crippen LogP contribution >= 0.6 is 22.6 Å². The van der Waals surface area contributed by atoms with Gasteiger partial charge in [-0.3, -0.25) is 0 Å². The van der Waals surface area contributed by atoms with E-state index in [1.807, 2.05) is 22.6 Å². The van der Waals surface area contributed by atoms with Gasteiger partial charge in [0.2, 0.25) is 0 Å². The number of alkyl halides is 8. The summed E-state index contributed by atoms with van der Waals surface area (Å²) in [6.07, 6.45) is -13.3. The summed E-state index contributed by atoms with van der Waals surface area (Å²) in [4.78, 5) is 0. The maximum Gasteiger partial charge on any atom is 0.410 e. The van der Waals surface area contributed by atoms with Crippen molar-refractivity contribution in [3.63, 3.8) is 0 Å². The highest BCUT2D eigenvalue weighted by Gasteiger charge is 2.53. The first kappa shape index (κ1) is 28.3. The van der Waals surface area contributed by atoms with E-state index in [9.17, 15) is 39.5 Å². The number of allylic oxidation sites excluding steroid dienone is 11. The van der Waals surface area contributed by atoms with Crippen molar-refractivity contribution < 1.29 is 48.6 Å². The molecule has 0 N–H and O–H groups in total. The Balaban J connectivity index is 1.52. The SMILES string of the molecule is FC1=CC(I)CC=C1[C@H]1C=C(F)C(C2=CC(F)[C@H](C(F)(F)OC3=C[C@H](F)C(F)C(F)C3)C(F)=C2)[C@@H](F)C1. The predicted molar refractivity (Wildman–Crippen MR) is 124 cm³/mol. The third-order valence-corrected chi connectivity index (χ3v) is 7.58. The van der Waals surface area contributed by atoms with E-state index in [0.29, 0.717) is 18.6 Å². The van der Waals surface area contributed by atoms with Gasteiger partial charge in [-0.25, -0.2) is 35.1 Å². The van der Waals surface area contributed by atoms with Gasteiger partial charge in [0.25, 0.3) is 0 Å². The first-order valence-electron chi connectivity index (χ1n) is 11.4. The zero-order chi connectivity index (χ0) is 27.2. The molecule has 0 bridgehead atoms. The molecule has 0 amide bonds. The van der Waals surface area contributed by atoms with E-state index in [-0.39, 0.29) is 15.6 Å². The zero-order valence-corrected chi connectivity index (χ0v) is 21.0. The zero-order valence-electron chi connectivity index (χ0n) is 18.8. The summed E-state index contributed by atoms with van der Waals surface area (Å²) in [5.74, 6) is -10.2. The fourth-order valence-corrected chi connectivity index (χ4v) is 5.48. The Morgan fingerprint density at radius 2 is 1.57 bits per heavy atom. The molecule has 37 heavy (non-hydrogen) atoms. The van der Waals surface area contributed by atoms with E-state index in [2.05, 4.69) is 4.74 Å². The predicted octanol–water partition coefficient (Wildman–Crippen LogP) is 8.46. The van der Waals surface area contributed by atoms with E-state index in [0.717, 1.165) is 6.08 Å². The van der Waals surface area contributed by atoms with Gasteiger partial charge in [0.05, 0.1) is 5.92 Å². The Morgan fingerprint density at radius 1 is 0.865 bits per heavy atom. The molecule has 0 fully saturated rings. The number of halogens is 11. The van der Waals surface area contributed by atoms with Crippen LogP contribution in [0, 0.1) is 17.8 Å². The molecule has 4 rings (SSSR count). The standard InChI is InChI=1S/C25H21F10IO/c26-15-7-12(36)1-2-14(15)10-3-16(27)22(17(28)4-10)11-5-18(29)23(19(30)6-11)25(34,35)37-13-8-20(31)24(33)21(32)9-13/h2-3,5-8,10,12,17-18,20-24H,1,4,9H2/t10-,12?,17-,18?,20-,21?,22?,23-,24?/m0/s1. The van der Waals surface area contributed by atoms with Crippen molar-refractivity contribution in [3.05, 3.63) is 70.8 Å². The molecule has 1 nitrogen and oxygen atoms in total. The molecule has 0 heterocycles. The lowest BCUT2D eigenvalue weighted by Crippen LogP contribution is -2.41. The van der Waals surface area contributed by atoms with Gasteiger partial charge in [-0.15, -0.1) is 0 Å². The molecular formula is C25H21F10IO. The van der Waals surface area contributed by atoms with Gasteiger partial charge in [-0.05, 0) is 54.4 Å². The molecule has 5 unspecified atom stereocenters. The minimum Gasteiger partial charge on any atom is -0.437 e. The Hall–Kier alpha value is -1.73. The Labute approximate surface area is 219 Å². The Kier molecular flexibility index (Phi) is 8.25. The van der Waals surface area contributed by atoms with E-state index < -0.39 is 96.4 Å². The molecule has 0 aromatic carbocycles. The summed E-state index contributed by atoms with van der Waals surface area (Å²) in [6, 6.07) is 0. The van der Waals surface area contributed by atoms with E-state index in [4.69, 9.17) is 0 Å². The van der Waals surface area contributed by atoms with Crippen LogP contribution in [0.5, 0.6) is 0 Å². The minimum atomic E-state index is -4.66. The van der Waals surface area contributed by atoms with Crippen LogP contribution in [0.3, 0.4) is 0 Å². The fourth-order valence-electron chi connectivity index (χ4n) is 4.91. The van der Waals surface area contributed by atoms with Crippen LogP contribution < -0.4 is 0 Å². The molecule has 4 aliphatic carbocycles. The van der Waals surface area contributed by atoms with E-state index in [1.54, 1.807) is 0 Å². The molecule has 0 saturated carbocycles. The number of hydrogen-bond acceptors (Lipinski definition) is 1. The van der Waals surface area contributed by atoms with Crippen LogP contribution in [-0.2, 0) is 4.74 Å². The van der Waals surface area contributed by atoms with Crippen molar-refractivity contribution in [2.24, 2.45) is 17.8 Å². The molecule has 9 atom stereocenters. The topological polar surface area (TPSA) is 9.23 Å². The minimum absolute atomic E-state index is 0.103. The van der Waals surface area contributed by atoms with Crippen molar-refractivity contribution in [2.75, 3.05) is 0 Å². The molecule has 0 spiro atoms. The molecule has 0 aromatic rings. The first-order chi connectivity index (χ1) is 17.3. The maximum absolute atomic E-state index is 15.0. The normalized spacial score (nSPS) is 39.1. The van der Waals surface area contributed by atoms with Crippen LogP contribution in [0.25, 0.3) is 0 Å². The monoisotopic (exact) mass is 654 g/mol. The summed E-state index contributed by atoms with van der Waals surface area (Å²) < 4.78 is 147. The van der Waals surface area contributed by atoms with Crippen molar-refractivity contribution in [3.8, 4) is 0 Å². The van der Waals surface area contributed by atoms with Gasteiger partial charge in [-0.1, -0.05) is 28.7 Å². The van der Waals surface area contributed by atoms with Crippen LogP contribution in [0.4, 0.5) is 43.9 Å². The van der Waals surface area contributed by atoms with E-state index >= 15 is 4.39 Å². The van der Waals surface area contributed by atoms with Gasteiger partial charge in [0.15, 0.2) is 12.3 Å². The van der Waals surface area contributed by atoms with Gasteiger partial charge >= 0.3 is 6.11 Å². The Morgan fingerprint density at radius 3 is 2.16 bits per heavy atom. The lowest BCUT2D eigenvalue weighted by Gasteiger charge is -2.35. The summed E-state index contributed by atoms with van der Waals surface area (Å²) in [5.41, 5.74) is -0.464. The highest BCUT2D eigenvalue weighted by Crippen LogP contribution is 2.47. The van der Waals surface area contributed by atoms with Crippen molar-refractivity contribution in [1.29, 1.82) is 0 Å². The maximum atomic E-state index is 15.0. The molecule has 0 aliphatic heterocycles. The Bertz CT molecular complexity index is 1090. The lowest BCUT2D eigenvalue weighted by molar-refractivity contribution is -0.255. The van der Waals surface area contributed by atoms with E-state index in [1.165, 1.54) is 12.2 Å². The summed E-state index contributed by atoms with van der Waals surface area (Å²) in [6.45, 7) is 0. The highest BCUT2D eigenvalue weighted by molar-refractivity contribution is 14.1. The quantitative estimate of drug-likeness (QED) is 0.164. The second kappa shape index (κ2) is 10.8. The average Bonchev–Trinajstić information content (AvgIpc) is 2.76. The largest absolute Gasteiger partial charge is 0.437 e. The highest BCUT2D eigenvalue weighted by atomic mass is 127. The van der Waals surface area contributed by atoms with Crippen molar-refractivity contribution in [2.45, 2.75) is 60.2 Å². The van der Waals surface area contributed by atoms with Crippen LogP contribution in [-0.4, -0.2) is 40.9 Å². The van der Waals surface area contributed by atoms with Crippen molar-refractivity contribution >= 4 is 22.6 Å². The summed E-state index contributed by atoms with van der Waals surface area (Å²) in [7, 11) is 0. The lowest BCUT2D eigenvalue weighted by atomic mass is 9.76. The smallest absolute Gasteiger partial charge is 0.410 e. The molecule has 0 radical (unpaired) electrons. The van der Waals surface area contributed by atoms with Gasteiger partial charge in [-0.2, -0.15) is 8.78 Å². The molecule has 0 saturated heterocycles. The first-order valence-corrected chi connectivity index (χ1v) is 12.7. The molecular weight excluding hydrogens is 633 g/mol. The second-order valence-corrected chi connectivity index (χ2v) is 10.9. The third-order valence-electron chi connectivity index (χ3n) is 6.71. The third kappa shape index (κ3) is 5.83. The van der Waals surface area contributed by atoms with Crippen molar-refractivity contribution in [1.82, 2.24) is 0 Å². The number of hydrogen-bond donors (Lipinski definition) is 0. The van der Waals surface area contributed by atoms with Crippen LogP contribution in [0.1, 0.15) is 19.3 Å². The van der Waals surface area contributed by atoms with Crippen LogP contribution in [0.2, 0.25) is 0 Å². The van der Waals surface area contributed by atoms with Gasteiger partial charge in [0.1, 0.15) is 47.7 Å². The van der Waals surface area contributed by atoms with Gasteiger partial charge < -0.3 is 4.74 Å². The second-order valence-electron chi connectivity index (χ2n) is 9.34.